The van der Waals surface area contributed by atoms with Crippen molar-refractivity contribution in [2.45, 2.75) is 43.9 Å². The summed E-state index contributed by atoms with van der Waals surface area (Å²) in [6.07, 6.45) is 2.85. The summed E-state index contributed by atoms with van der Waals surface area (Å²) in [5, 5.41) is 6.33. The highest BCUT2D eigenvalue weighted by molar-refractivity contribution is 7.91. The number of sulfone groups is 1. The second kappa shape index (κ2) is 5.36. The highest BCUT2D eigenvalue weighted by Gasteiger charge is 2.34. The van der Waals surface area contributed by atoms with Crippen molar-refractivity contribution in [3.05, 3.63) is 11.7 Å². The van der Waals surface area contributed by atoms with E-state index >= 15 is 0 Å². The lowest BCUT2D eigenvalue weighted by atomic mass is 10.2. The second-order valence-electron chi connectivity index (χ2n) is 4.79. The molecule has 1 aliphatic heterocycles. The Bertz CT molecular complexity index is 497. The van der Waals surface area contributed by atoms with Gasteiger partial charge in [0.25, 0.3) is 0 Å². The number of nitrogens with one attached hydrogen (secondary N) is 1. The average Bonchev–Trinajstić information content (AvgIpc) is 2.76. The molecule has 2 unspecified atom stereocenters. The van der Waals surface area contributed by atoms with Crippen molar-refractivity contribution in [3.8, 4) is 0 Å². The summed E-state index contributed by atoms with van der Waals surface area (Å²) in [7, 11) is -1.25. The first-order chi connectivity index (χ1) is 8.53. The normalized spacial score (nSPS) is 24.9. The molecular formula is C11H19N3O3S. The maximum Gasteiger partial charge on any atom is 0.244 e. The Morgan fingerprint density at radius 1 is 1.50 bits per heavy atom. The van der Waals surface area contributed by atoms with Crippen LogP contribution in [-0.2, 0) is 16.3 Å². The van der Waals surface area contributed by atoms with E-state index in [0.717, 1.165) is 12.8 Å². The Balaban J connectivity index is 2.14. The maximum absolute atomic E-state index is 11.9. The monoisotopic (exact) mass is 273 g/mol. The fraction of sp³-hybridized carbons (Fsp3) is 0.818. The molecule has 0 amide bonds. The van der Waals surface area contributed by atoms with Gasteiger partial charge in [-0.05, 0) is 26.8 Å². The van der Waals surface area contributed by atoms with Gasteiger partial charge in [-0.15, -0.1) is 0 Å². The van der Waals surface area contributed by atoms with Gasteiger partial charge in [-0.25, -0.2) is 8.42 Å². The van der Waals surface area contributed by atoms with Crippen LogP contribution in [0.25, 0.3) is 0 Å². The van der Waals surface area contributed by atoms with Crippen LogP contribution in [0.1, 0.15) is 43.2 Å². The molecule has 0 spiro atoms. The molecule has 7 heteroatoms. The van der Waals surface area contributed by atoms with E-state index in [2.05, 4.69) is 15.5 Å². The minimum absolute atomic E-state index is 0.225. The minimum Gasteiger partial charge on any atom is -0.338 e. The Labute approximate surface area is 107 Å². The van der Waals surface area contributed by atoms with Gasteiger partial charge < -0.3 is 9.84 Å². The van der Waals surface area contributed by atoms with Gasteiger partial charge in [-0.2, -0.15) is 4.98 Å². The molecule has 1 N–H and O–H groups in total. The average molecular weight is 273 g/mol. The van der Waals surface area contributed by atoms with Crippen molar-refractivity contribution in [2.75, 3.05) is 12.8 Å². The lowest BCUT2D eigenvalue weighted by Crippen LogP contribution is -2.24. The smallest absolute Gasteiger partial charge is 0.244 e. The van der Waals surface area contributed by atoms with Crippen LogP contribution in [-0.4, -0.2) is 37.4 Å². The minimum atomic E-state index is -3.11. The van der Waals surface area contributed by atoms with Gasteiger partial charge in [0.2, 0.25) is 5.89 Å². The van der Waals surface area contributed by atoms with Gasteiger partial charge in [-0.1, -0.05) is 11.6 Å². The molecule has 1 fully saturated rings. The zero-order valence-electron chi connectivity index (χ0n) is 10.7. The molecule has 1 aromatic heterocycles. The summed E-state index contributed by atoms with van der Waals surface area (Å²) >= 11 is 0. The third kappa shape index (κ3) is 2.89. The van der Waals surface area contributed by atoms with Crippen molar-refractivity contribution >= 4 is 9.84 Å². The Morgan fingerprint density at radius 2 is 2.28 bits per heavy atom. The van der Waals surface area contributed by atoms with Gasteiger partial charge in [0.05, 0.1) is 5.75 Å². The van der Waals surface area contributed by atoms with Gasteiger partial charge in [0.1, 0.15) is 5.25 Å². The van der Waals surface area contributed by atoms with Gasteiger partial charge >= 0.3 is 0 Å². The molecule has 2 rings (SSSR count). The molecule has 0 radical (unpaired) electrons. The van der Waals surface area contributed by atoms with Gasteiger partial charge in [-0.3, -0.25) is 0 Å². The van der Waals surface area contributed by atoms with E-state index in [9.17, 15) is 8.42 Å². The van der Waals surface area contributed by atoms with Crippen LogP contribution in [0.15, 0.2) is 4.52 Å². The fourth-order valence-electron chi connectivity index (χ4n) is 2.09. The first-order valence-corrected chi connectivity index (χ1v) is 7.96. The lowest BCUT2D eigenvalue weighted by Gasteiger charge is -2.18. The summed E-state index contributed by atoms with van der Waals surface area (Å²) in [6, 6.07) is 0.235. The van der Waals surface area contributed by atoms with Crippen LogP contribution < -0.4 is 5.32 Å². The highest BCUT2D eigenvalue weighted by atomic mass is 32.2. The van der Waals surface area contributed by atoms with Crippen LogP contribution >= 0.6 is 0 Å². The van der Waals surface area contributed by atoms with E-state index in [4.69, 9.17) is 4.52 Å². The standard InChI is InChI=1S/C11H19N3O3S/c1-8(12-2)7-10-13-11(17-14-10)9-5-3-4-6-18(9,15)16/h8-9,12H,3-7H2,1-2H3. The van der Waals surface area contributed by atoms with E-state index in [1.165, 1.54) is 0 Å². The molecule has 0 aliphatic carbocycles. The first kappa shape index (κ1) is 13.5. The quantitative estimate of drug-likeness (QED) is 0.875. The number of likely N-dealkylation sites (N-methyl/N-ethyl adjacent to an activating group) is 1. The van der Waals surface area contributed by atoms with E-state index in [0.29, 0.717) is 18.7 Å². The maximum atomic E-state index is 11.9. The lowest BCUT2D eigenvalue weighted by molar-refractivity contribution is 0.357. The molecule has 0 bridgehead atoms. The van der Waals surface area contributed by atoms with E-state index in [1.54, 1.807) is 0 Å². The molecule has 18 heavy (non-hydrogen) atoms. The summed E-state index contributed by atoms with van der Waals surface area (Å²) < 4.78 is 29.0. The fourth-order valence-corrected chi connectivity index (χ4v) is 3.91. The van der Waals surface area contributed by atoms with Crippen LogP contribution in [0.5, 0.6) is 0 Å². The van der Waals surface area contributed by atoms with Crippen LogP contribution in [0, 0.1) is 0 Å². The van der Waals surface area contributed by atoms with Crippen LogP contribution in [0.2, 0.25) is 0 Å². The number of rotatable bonds is 4. The van der Waals surface area contributed by atoms with Crippen molar-refractivity contribution in [2.24, 2.45) is 0 Å². The molecule has 2 atom stereocenters. The van der Waals surface area contributed by atoms with E-state index in [-0.39, 0.29) is 17.7 Å². The first-order valence-electron chi connectivity index (χ1n) is 6.24. The highest BCUT2D eigenvalue weighted by Crippen LogP contribution is 2.32. The van der Waals surface area contributed by atoms with E-state index < -0.39 is 15.1 Å². The van der Waals surface area contributed by atoms with Crippen molar-refractivity contribution in [3.63, 3.8) is 0 Å². The molecular weight excluding hydrogens is 254 g/mol. The molecule has 1 aliphatic rings. The number of hydrogen-bond acceptors (Lipinski definition) is 6. The summed E-state index contributed by atoms with van der Waals surface area (Å²) in [4.78, 5) is 4.22. The summed E-state index contributed by atoms with van der Waals surface area (Å²) in [5.74, 6) is 1.04. The zero-order valence-corrected chi connectivity index (χ0v) is 11.5. The molecule has 0 saturated carbocycles. The number of nitrogens with zero attached hydrogens (tertiary/aromatic N) is 2. The largest absolute Gasteiger partial charge is 0.338 e. The Hall–Kier alpha value is -0.950. The Morgan fingerprint density at radius 3 is 2.94 bits per heavy atom. The predicted octanol–water partition coefficient (Wildman–Crippen LogP) is 0.860. The van der Waals surface area contributed by atoms with Gasteiger partial charge in [0.15, 0.2) is 15.7 Å². The Kier molecular flexibility index (Phi) is 4.01. The molecule has 102 valence electrons. The molecule has 1 saturated heterocycles. The van der Waals surface area contributed by atoms with Crippen molar-refractivity contribution in [1.29, 1.82) is 0 Å². The SMILES string of the molecule is CNC(C)Cc1noc(C2CCCCS2(=O)=O)n1. The van der Waals surface area contributed by atoms with Crippen molar-refractivity contribution in [1.82, 2.24) is 15.5 Å². The van der Waals surface area contributed by atoms with Crippen molar-refractivity contribution < 1.29 is 12.9 Å². The van der Waals surface area contributed by atoms with Gasteiger partial charge in [0, 0.05) is 12.5 Å². The van der Waals surface area contributed by atoms with Crippen LogP contribution in [0.3, 0.4) is 0 Å². The molecule has 6 nitrogen and oxygen atoms in total. The summed E-state index contributed by atoms with van der Waals surface area (Å²) in [6.45, 7) is 2.01. The summed E-state index contributed by atoms with van der Waals surface area (Å²) in [5.41, 5.74) is 0. The number of hydrogen-bond donors (Lipinski definition) is 1. The zero-order chi connectivity index (χ0) is 13.2. The molecule has 1 aromatic rings. The molecule has 2 heterocycles. The molecule has 0 aromatic carbocycles. The van der Waals surface area contributed by atoms with E-state index in [1.807, 2.05) is 14.0 Å². The predicted molar refractivity (Wildman–Crippen MR) is 66.9 cm³/mol. The topological polar surface area (TPSA) is 85.1 Å². The third-order valence-electron chi connectivity index (χ3n) is 3.32. The number of aromatic nitrogens is 2. The third-order valence-corrected chi connectivity index (χ3v) is 5.48. The second-order valence-corrected chi connectivity index (χ2v) is 7.10. The van der Waals surface area contributed by atoms with Crippen LogP contribution in [0.4, 0.5) is 0 Å².